The van der Waals surface area contributed by atoms with E-state index in [-0.39, 0.29) is 0 Å². The number of halogens is 29. The van der Waals surface area contributed by atoms with Crippen molar-refractivity contribution in [3.05, 3.63) is 0 Å². The molecule has 0 rings (SSSR count). The maximum atomic E-state index is 14.3. The van der Waals surface area contributed by atoms with Crippen LogP contribution in [0.5, 0.6) is 0 Å². The number of hydrogen-bond acceptors (Lipinski definition) is 5. The minimum Gasteiger partial charge on any atom is -0.332 e. The molecule has 0 aliphatic heterocycles. The van der Waals surface area contributed by atoms with Gasteiger partial charge in [-0.15, -0.1) is 0 Å². The molecule has 34 heteroatoms. The van der Waals surface area contributed by atoms with Crippen LogP contribution >= 0.6 is 0 Å². The molecule has 0 aliphatic rings. The van der Waals surface area contributed by atoms with Gasteiger partial charge >= 0.3 is 84.8 Å². The first-order valence-corrected chi connectivity index (χ1v) is 9.59. The Bertz CT molecular complexity index is 1130. The third kappa shape index (κ3) is 7.58. The molecule has 5 nitrogen and oxygen atoms in total. The molecule has 0 saturated carbocycles. The molecule has 0 aromatic heterocycles. The molecule has 0 bridgehead atoms. The van der Waals surface area contributed by atoms with Crippen molar-refractivity contribution in [2.45, 2.75) is 84.8 Å². The summed E-state index contributed by atoms with van der Waals surface area (Å²) in [6.45, 7) is 0. The third-order valence-corrected chi connectivity index (χ3v) is 4.36. The van der Waals surface area contributed by atoms with Gasteiger partial charge in [0.1, 0.15) is 0 Å². The predicted octanol–water partition coefficient (Wildman–Crippen LogP) is 8.48. The molecule has 0 aromatic rings. The molecule has 0 amide bonds. The van der Waals surface area contributed by atoms with Crippen molar-refractivity contribution in [2.75, 3.05) is 0 Å². The average molecular weight is 800 g/mol. The Kier molecular flexibility index (Phi) is 11.1. The van der Waals surface area contributed by atoms with Crippen molar-refractivity contribution in [2.24, 2.45) is 0 Å². The number of alkyl halides is 29. The van der Waals surface area contributed by atoms with Crippen LogP contribution in [0.15, 0.2) is 0 Å². The third-order valence-electron chi connectivity index (χ3n) is 4.36. The molecule has 48 heavy (non-hydrogen) atoms. The summed E-state index contributed by atoms with van der Waals surface area (Å²) in [6.07, 6.45) is -77.1. The fraction of sp³-hybridized carbons (Fsp3) is 1.00. The lowest BCUT2D eigenvalue weighted by atomic mass is 10.2. The Labute approximate surface area is 238 Å². The van der Waals surface area contributed by atoms with Gasteiger partial charge in [0.2, 0.25) is 0 Å². The SMILES string of the molecule is OC(F)(OC(F)(F)C(F)(OC(F)(F)C(F)(OC(F)(F)C(F)(OC(F)(F)C(F)(F)C(F)(F)F)C(F)(F)F)C(F)(F)F)C(F)(F)F)C(F)(F)F. The fourth-order valence-electron chi connectivity index (χ4n) is 2.03. The van der Waals surface area contributed by atoms with Gasteiger partial charge in [-0.2, -0.15) is 127 Å². The topological polar surface area (TPSA) is 57.2 Å². The number of ether oxygens (including phenoxy) is 4. The molecular formula is C14HF29O5. The van der Waals surface area contributed by atoms with E-state index >= 15 is 0 Å². The van der Waals surface area contributed by atoms with Gasteiger partial charge in [-0.1, -0.05) is 0 Å². The van der Waals surface area contributed by atoms with Crippen LogP contribution in [0.2, 0.25) is 0 Å². The zero-order valence-electron chi connectivity index (χ0n) is 20.0. The number of rotatable bonds is 12. The molecule has 0 radical (unpaired) electrons. The molecular weight excluding hydrogens is 799 g/mol. The molecule has 4 unspecified atom stereocenters. The summed E-state index contributed by atoms with van der Waals surface area (Å²) in [5, 5.41) is 7.93. The van der Waals surface area contributed by atoms with E-state index in [9.17, 15) is 127 Å². The lowest BCUT2D eigenvalue weighted by molar-refractivity contribution is -0.598. The van der Waals surface area contributed by atoms with Crippen LogP contribution in [0.25, 0.3) is 0 Å². The van der Waals surface area contributed by atoms with Gasteiger partial charge in [0.15, 0.2) is 0 Å². The molecule has 0 aromatic carbocycles. The van der Waals surface area contributed by atoms with Gasteiger partial charge in [-0.3, -0.25) is 14.2 Å². The van der Waals surface area contributed by atoms with Crippen molar-refractivity contribution in [1.29, 1.82) is 0 Å². The van der Waals surface area contributed by atoms with Crippen LogP contribution in [0.4, 0.5) is 127 Å². The first-order chi connectivity index (χ1) is 20.1. The summed E-state index contributed by atoms with van der Waals surface area (Å²) in [5.41, 5.74) is 0. The molecule has 0 heterocycles. The van der Waals surface area contributed by atoms with Crippen LogP contribution in [0.3, 0.4) is 0 Å². The van der Waals surface area contributed by atoms with Crippen molar-refractivity contribution in [3.8, 4) is 0 Å². The van der Waals surface area contributed by atoms with E-state index in [0.717, 1.165) is 18.9 Å². The van der Waals surface area contributed by atoms with Crippen molar-refractivity contribution >= 4 is 0 Å². The van der Waals surface area contributed by atoms with Gasteiger partial charge in [0.05, 0.1) is 0 Å². The second-order valence-electron chi connectivity index (χ2n) is 7.89. The summed E-state index contributed by atoms with van der Waals surface area (Å²) in [4.78, 5) is 0. The van der Waals surface area contributed by atoms with Crippen molar-refractivity contribution < 1.29 is 151 Å². The van der Waals surface area contributed by atoms with E-state index in [2.05, 4.69) is 0 Å². The summed E-state index contributed by atoms with van der Waals surface area (Å²) in [6, 6.07) is -7.46. The molecule has 4 atom stereocenters. The molecule has 0 fully saturated rings. The summed E-state index contributed by atoms with van der Waals surface area (Å²) in [7, 11) is 0. The van der Waals surface area contributed by atoms with Crippen LogP contribution in [0, 0.1) is 0 Å². The van der Waals surface area contributed by atoms with E-state index in [0.29, 0.717) is 0 Å². The van der Waals surface area contributed by atoms with Crippen molar-refractivity contribution in [1.82, 2.24) is 0 Å². The van der Waals surface area contributed by atoms with E-state index in [1.54, 1.807) is 0 Å². The summed E-state index contributed by atoms with van der Waals surface area (Å²) < 4.78 is 382. The van der Waals surface area contributed by atoms with E-state index in [1.165, 1.54) is 0 Å². The summed E-state index contributed by atoms with van der Waals surface area (Å²) in [5.74, 6) is -35.4. The molecule has 1 N–H and O–H groups in total. The van der Waals surface area contributed by atoms with E-state index in [4.69, 9.17) is 5.11 Å². The number of aliphatic hydroxyl groups is 1. The highest BCUT2D eigenvalue weighted by molar-refractivity contribution is 4.99. The lowest BCUT2D eigenvalue weighted by Crippen LogP contribution is -2.72. The smallest absolute Gasteiger partial charge is 0.332 e. The Morgan fingerprint density at radius 2 is 0.458 bits per heavy atom. The van der Waals surface area contributed by atoms with Crippen molar-refractivity contribution in [3.63, 3.8) is 0 Å². The maximum Gasteiger partial charge on any atom is 0.478 e. The van der Waals surface area contributed by atoms with E-state index in [1.807, 2.05) is 0 Å². The normalized spacial score (nSPS) is 20.9. The highest BCUT2D eigenvalue weighted by Gasteiger charge is 2.90. The first kappa shape index (κ1) is 45.8. The average Bonchev–Trinajstić information content (AvgIpc) is 2.73. The zero-order chi connectivity index (χ0) is 39.8. The predicted molar refractivity (Wildman–Crippen MR) is 76.9 cm³/mol. The molecule has 0 spiro atoms. The van der Waals surface area contributed by atoms with Crippen LogP contribution in [0.1, 0.15) is 0 Å². The fourth-order valence-corrected chi connectivity index (χ4v) is 2.03. The lowest BCUT2D eigenvalue weighted by Gasteiger charge is -2.43. The molecule has 0 aliphatic carbocycles. The highest BCUT2D eigenvalue weighted by Crippen LogP contribution is 2.60. The molecule has 290 valence electrons. The highest BCUT2D eigenvalue weighted by atomic mass is 19.4. The van der Waals surface area contributed by atoms with Crippen LogP contribution in [-0.4, -0.2) is 90.0 Å². The standard InChI is InChI=1S/C14HF29O5/c15-1(16,5(20,21)22)10(35,36)45-2(17,6(23,24)25)11(37,38)46-3(18,7(26,27)28)12(39,40)47-4(19,8(29,30)31)13(41,42)48-14(43,44)9(32,33)34/h44H. The van der Waals surface area contributed by atoms with Gasteiger partial charge in [-0.25, -0.2) is 4.74 Å². The Morgan fingerprint density at radius 3 is 0.646 bits per heavy atom. The summed E-state index contributed by atoms with van der Waals surface area (Å²) >= 11 is 0. The first-order valence-electron chi connectivity index (χ1n) is 9.59. The van der Waals surface area contributed by atoms with Crippen LogP contribution < -0.4 is 0 Å². The maximum absolute atomic E-state index is 14.3. The van der Waals surface area contributed by atoms with Gasteiger partial charge < -0.3 is 5.11 Å². The zero-order valence-corrected chi connectivity index (χ0v) is 20.0. The minimum absolute atomic E-state index is 0.814. The minimum atomic E-state index is -9.20. The van der Waals surface area contributed by atoms with E-state index < -0.39 is 84.8 Å². The van der Waals surface area contributed by atoms with Gasteiger partial charge in [-0.05, 0) is 0 Å². The largest absolute Gasteiger partial charge is 0.478 e. The number of hydrogen-bond donors (Lipinski definition) is 1. The van der Waals surface area contributed by atoms with Crippen LogP contribution in [-0.2, 0) is 18.9 Å². The second kappa shape index (κ2) is 11.7. The molecule has 0 saturated heterocycles. The Hall–Kier alpha value is -2.23. The van der Waals surface area contributed by atoms with Gasteiger partial charge in [0.25, 0.3) is 0 Å². The quantitative estimate of drug-likeness (QED) is 0.159. The second-order valence-corrected chi connectivity index (χ2v) is 7.89. The monoisotopic (exact) mass is 800 g/mol. The Balaban J connectivity index is 7.56. The Morgan fingerprint density at radius 1 is 0.250 bits per heavy atom. The van der Waals surface area contributed by atoms with Gasteiger partial charge in [0, 0.05) is 0 Å².